The van der Waals surface area contributed by atoms with Crippen molar-refractivity contribution in [3.8, 4) is 16.9 Å². The Morgan fingerprint density at radius 2 is 2.04 bits per heavy atom. The Bertz CT molecular complexity index is 801. The second-order valence-electron chi connectivity index (χ2n) is 5.83. The van der Waals surface area contributed by atoms with Gasteiger partial charge in [0.1, 0.15) is 11.6 Å². The molecule has 0 aliphatic carbocycles. The molecule has 7 nitrogen and oxygen atoms in total. The van der Waals surface area contributed by atoms with Crippen LogP contribution in [0, 0.1) is 11.6 Å². The van der Waals surface area contributed by atoms with Gasteiger partial charge in [0.15, 0.2) is 17.4 Å². The van der Waals surface area contributed by atoms with Crippen LogP contribution in [0.3, 0.4) is 0 Å². The lowest BCUT2D eigenvalue weighted by Crippen LogP contribution is -2.30. The highest BCUT2D eigenvalue weighted by Crippen LogP contribution is 2.39. The lowest BCUT2D eigenvalue weighted by Gasteiger charge is -2.22. The van der Waals surface area contributed by atoms with Crippen molar-refractivity contribution >= 4 is 17.6 Å². The number of nitrogen functional groups attached to an aromatic ring is 2. The summed E-state index contributed by atoms with van der Waals surface area (Å²) < 4.78 is 33.3. The number of ether oxygens (including phenoxy) is 1. The molecule has 0 bridgehead atoms. The fraction of sp³-hybridized carbons (Fsp3) is 0.375. The molecule has 25 heavy (non-hydrogen) atoms. The number of hydrogen-bond donors (Lipinski definition) is 3. The Hall–Kier alpha value is -2.68. The summed E-state index contributed by atoms with van der Waals surface area (Å²) in [4.78, 5) is 10.2. The van der Waals surface area contributed by atoms with Crippen LogP contribution in [-0.2, 0) is 0 Å². The minimum Gasteiger partial charge on any atom is -0.491 e. The highest BCUT2D eigenvalue weighted by atomic mass is 19.1. The molecule has 1 aromatic carbocycles. The van der Waals surface area contributed by atoms with E-state index in [9.17, 15) is 8.78 Å². The second kappa shape index (κ2) is 6.67. The van der Waals surface area contributed by atoms with Crippen LogP contribution in [0.15, 0.2) is 12.1 Å². The minimum absolute atomic E-state index is 0.00126. The minimum atomic E-state index is -0.854. The molecule has 0 radical (unpaired) electrons. The van der Waals surface area contributed by atoms with Crippen LogP contribution >= 0.6 is 0 Å². The number of methoxy groups -OCH3 is 1. The predicted octanol–water partition coefficient (Wildman–Crippen LogP) is 1.39. The third-order valence-corrected chi connectivity index (χ3v) is 4.35. The van der Waals surface area contributed by atoms with Crippen molar-refractivity contribution in [2.75, 3.05) is 43.6 Å². The molecule has 0 unspecified atom stereocenters. The van der Waals surface area contributed by atoms with E-state index in [4.69, 9.17) is 16.2 Å². The van der Waals surface area contributed by atoms with Gasteiger partial charge in [0.2, 0.25) is 5.95 Å². The number of halogens is 2. The summed E-state index contributed by atoms with van der Waals surface area (Å²) in [5.41, 5.74) is 12.1. The van der Waals surface area contributed by atoms with E-state index in [1.54, 1.807) is 0 Å². The lowest BCUT2D eigenvalue weighted by molar-refractivity contribution is 0.360. The van der Waals surface area contributed by atoms with Gasteiger partial charge in [-0.25, -0.2) is 8.78 Å². The van der Waals surface area contributed by atoms with Crippen LogP contribution in [0.25, 0.3) is 11.1 Å². The van der Waals surface area contributed by atoms with Crippen LogP contribution in [0.4, 0.5) is 26.4 Å². The summed E-state index contributed by atoms with van der Waals surface area (Å²) in [6.07, 6.45) is 0.898. The average Bonchev–Trinajstić information content (AvgIpc) is 3.05. The van der Waals surface area contributed by atoms with Crippen molar-refractivity contribution in [2.24, 2.45) is 0 Å². The summed E-state index contributed by atoms with van der Waals surface area (Å²) in [6, 6.07) is 2.70. The van der Waals surface area contributed by atoms with Crippen molar-refractivity contribution in [3.63, 3.8) is 0 Å². The molecule has 1 aromatic heterocycles. The first-order valence-electron chi connectivity index (χ1n) is 7.83. The summed E-state index contributed by atoms with van der Waals surface area (Å²) in [5, 5.41) is 3.20. The molecular weight excluding hydrogens is 330 g/mol. The Morgan fingerprint density at radius 3 is 2.68 bits per heavy atom. The molecule has 3 rings (SSSR count). The molecule has 1 fully saturated rings. The van der Waals surface area contributed by atoms with Gasteiger partial charge in [0, 0.05) is 24.7 Å². The average molecular weight is 350 g/mol. The molecule has 5 N–H and O–H groups in total. The Morgan fingerprint density at radius 1 is 1.28 bits per heavy atom. The lowest BCUT2D eigenvalue weighted by atomic mass is 10.0. The van der Waals surface area contributed by atoms with E-state index in [1.165, 1.54) is 13.2 Å². The van der Waals surface area contributed by atoms with Crippen LogP contribution in [0.1, 0.15) is 6.42 Å². The number of nitrogens with one attached hydrogen (secondary N) is 1. The summed E-state index contributed by atoms with van der Waals surface area (Å²) >= 11 is 0. The number of aromatic nitrogens is 2. The Labute approximate surface area is 144 Å². The van der Waals surface area contributed by atoms with Crippen LogP contribution in [0.5, 0.6) is 5.75 Å². The van der Waals surface area contributed by atoms with E-state index in [0.29, 0.717) is 18.9 Å². The number of nitrogens with zero attached hydrogens (tertiary/aromatic N) is 3. The van der Waals surface area contributed by atoms with Gasteiger partial charge in [-0.3, -0.25) is 0 Å². The van der Waals surface area contributed by atoms with E-state index < -0.39 is 17.4 Å². The van der Waals surface area contributed by atoms with Gasteiger partial charge in [-0.05, 0) is 25.6 Å². The van der Waals surface area contributed by atoms with Gasteiger partial charge >= 0.3 is 0 Å². The number of hydrogen-bond acceptors (Lipinski definition) is 7. The smallest absolute Gasteiger partial charge is 0.223 e. The first kappa shape index (κ1) is 17.2. The van der Waals surface area contributed by atoms with Gasteiger partial charge in [0.25, 0.3) is 0 Å². The molecule has 1 atom stereocenters. The highest BCUT2D eigenvalue weighted by Gasteiger charge is 2.28. The molecule has 9 heteroatoms. The summed E-state index contributed by atoms with van der Waals surface area (Å²) in [6.45, 7) is 1.37. The van der Waals surface area contributed by atoms with Crippen LogP contribution in [0.2, 0.25) is 0 Å². The number of nitrogens with two attached hydrogens (primary N) is 2. The predicted molar refractivity (Wildman–Crippen MR) is 92.4 cm³/mol. The van der Waals surface area contributed by atoms with Gasteiger partial charge in [0.05, 0.1) is 12.7 Å². The summed E-state index contributed by atoms with van der Waals surface area (Å²) in [5.74, 6) is -1.67. The topological polar surface area (TPSA) is 102 Å². The number of rotatable bonds is 4. The maximum atomic E-state index is 14.8. The molecule has 1 aliphatic heterocycles. The van der Waals surface area contributed by atoms with Gasteiger partial charge in [-0.15, -0.1) is 0 Å². The third-order valence-electron chi connectivity index (χ3n) is 4.35. The zero-order valence-corrected chi connectivity index (χ0v) is 14.0. The van der Waals surface area contributed by atoms with E-state index in [2.05, 4.69) is 15.3 Å². The third kappa shape index (κ3) is 3.02. The van der Waals surface area contributed by atoms with Crippen molar-refractivity contribution < 1.29 is 13.5 Å². The normalized spacial score (nSPS) is 17.1. The van der Waals surface area contributed by atoms with Crippen LogP contribution in [-0.4, -0.2) is 43.3 Å². The molecule has 0 saturated carbocycles. The number of benzene rings is 1. The van der Waals surface area contributed by atoms with Gasteiger partial charge < -0.3 is 26.4 Å². The fourth-order valence-electron chi connectivity index (χ4n) is 3.07. The SMILES string of the molecule is CN[C@@H]1CCN(c2nc(N)nc(N)c2-c2ccc(F)c(OC)c2F)C1. The standard InChI is InChI=1S/C16H20F2N6O/c1-21-8-5-6-24(7-8)15-11(14(19)22-16(20)23-15)9-3-4-10(17)13(25-2)12(9)18/h3-4,8,21H,5-7H2,1-2H3,(H4,19,20,22,23)/t8-/m1/s1. The number of anilines is 3. The Kier molecular flexibility index (Phi) is 4.58. The van der Waals surface area contributed by atoms with E-state index in [0.717, 1.165) is 12.5 Å². The van der Waals surface area contributed by atoms with E-state index in [1.807, 2.05) is 11.9 Å². The second-order valence-corrected chi connectivity index (χ2v) is 5.83. The largest absolute Gasteiger partial charge is 0.491 e. The molecule has 2 heterocycles. The zero-order valence-electron chi connectivity index (χ0n) is 14.0. The zero-order chi connectivity index (χ0) is 18.1. The molecule has 2 aromatic rings. The molecule has 0 amide bonds. The van der Waals surface area contributed by atoms with Crippen LogP contribution < -0.4 is 26.4 Å². The first-order chi connectivity index (χ1) is 12.0. The Balaban J connectivity index is 2.17. The monoisotopic (exact) mass is 350 g/mol. The molecule has 1 saturated heterocycles. The van der Waals surface area contributed by atoms with Gasteiger partial charge in [-0.1, -0.05) is 0 Å². The van der Waals surface area contributed by atoms with Crippen molar-refractivity contribution in [1.29, 1.82) is 0 Å². The van der Waals surface area contributed by atoms with Crippen molar-refractivity contribution in [2.45, 2.75) is 12.5 Å². The van der Waals surface area contributed by atoms with E-state index >= 15 is 0 Å². The van der Waals surface area contributed by atoms with Crippen molar-refractivity contribution in [3.05, 3.63) is 23.8 Å². The highest BCUT2D eigenvalue weighted by molar-refractivity contribution is 5.86. The summed E-state index contributed by atoms with van der Waals surface area (Å²) in [7, 11) is 3.08. The molecule has 0 spiro atoms. The first-order valence-corrected chi connectivity index (χ1v) is 7.83. The number of likely N-dealkylation sites (N-methyl/N-ethyl adjacent to an activating group) is 1. The fourth-order valence-corrected chi connectivity index (χ4v) is 3.07. The van der Waals surface area contributed by atoms with Crippen molar-refractivity contribution in [1.82, 2.24) is 15.3 Å². The molecule has 134 valence electrons. The molecular formula is C16H20F2N6O. The van der Waals surface area contributed by atoms with E-state index in [-0.39, 0.29) is 28.9 Å². The van der Waals surface area contributed by atoms with Gasteiger partial charge in [-0.2, -0.15) is 9.97 Å². The quantitative estimate of drug-likeness (QED) is 0.766. The maximum Gasteiger partial charge on any atom is 0.223 e. The molecule has 1 aliphatic rings. The maximum absolute atomic E-state index is 14.8.